The van der Waals surface area contributed by atoms with Gasteiger partial charge in [0.2, 0.25) is 0 Å². The van der Waals surface area contributed by atoms with Gasteiger partial charge in [-0.15, -0.1) is 0 Å². The minimum atomic E-state index is -3.68. The average molecular weight is 265 g/mol. The third-order valence-corrected chi connectivity index (χ3v) is 4.09. The highest BCUT2D eigenvalue weighted by Gasteiger charge is 2.28. The first kappa shape index (κ1) is 14.4. The molecule has 0 aliphatic rings. The molecule has 0 aliphatic carbocycles. The van der Waals surface area contributed by atoms with Gasteiger partial charge in [-0.2, -0.15) is 5.26 Å². The van der Waals surface area contributed by atoms with Crippen LogP contribution in [0.3, 0.4) is 0 Å². The van der Waals surface area contributed by atoms with Crippen molar-refractivity contribution in [1.82, 2.24) is 0 Å². The molecular formula is C13H15NO3S. The van der Waals surface area contributed by atoms with Crippen LogP contribution in [0.25, 0.3) is 0 Å². The van der Waals surface area contributed by atoms with E-state index in [2.05, 4.69) is 0 Å². The van der Waals surface area contributed by atoms with Gasteiger partial charge in [0.05, 0.1) is 16.5 Å². The van der Waals surface area contributed by atoms with Gasteiger partial charge in [0, 0.05) is 5.41 Å². The number of hydrogen-bond acceptors (Lipinski definition) is 4. The topological polar surface area (TPSA) is 75.0 Å². The second kappa shape index (κ2) is 4.91. The van der Waals surface area contributed by atoms with Crippen LogP contribution in [0.4, 0.5) is 0 Å². The molecule has 1 rings (SSSR count). The van der Waals surface area contributed by atoms with Gasteiger partial charge >= 0.3 is 0 Å². The van der Waals surface area contributed by atoms with E-state index < -0.39 is 21.0 Å². The predicted molar refractivity (Wildman–Crippen MR) is 67.7 cm³/mol. The Morgan fingerprint density at radius 2 is 1.94 bits per heavy atom. The Hall–Kier alpha value is -1.67. The van der Waals surface area contributed by atoms with Crippen molar-refractivity contribution < 1.29 is 13.2 Å². The van der Waals surface area contributed by atoms with Crippen molar-refractivity contribution in [2.24, 2.45) is 5.41 Å². The maximum Gasteiger partial charge on any atom is 0.185 e. The first-order valence-electron chi connectivity index (χ1n) is 5.43. The van der Waals surface area contributed by atoms with Crippen molar-refractivity contribution in [2.75, 3.05) is 5.75 Å². The summed E-state index contributed by atoms with van der Waals surface area (Å²) in [7, 11) is -3.68. The van der Waals surface area contributed by atoms with Gasteiger partial charge < -0.3 is 0 Å². The molecule has 0 aliphatic heterocycles. The Morgan fingerprint density at radius 1 is 1.33 bits per heavy atom. The molecule has 96 valence electrons. The monoisotopic (exact) mass is 265 g/mol. The number of nitrogens with zero attached hydrogens (tertiary/aromatic N) is 1. The Kier molecular flexibility index (Phi) is 3.92. The second-order valence-electron chi connectivity index (χ2n) is 5.07. The van der Waals surface area contributed by atoms with Gasteiger partial charge in [-0.25, -0.2) is 8.42 Å². The molecule has 0 saturated heterocycles. The van der Waals surface area contributed by atoms with Gasteiger partial charge in [0.15, 0.2) is 15.6 Å². The van der Waals surface area contributed by atoms with Crippen LogP contribution in [0.1, 0.15) is 26.3 Å². The molecule has 0 spiro atoms. The van der Waals surface area contributed by atoms with E-state index in [0.717, 1.165) is 0 Å². The number of benzene rings is 1. The van der Waals surface area contributed by atoms with E-state index in [-0.39, 0.29) is 16.2 Å². The fourth-order valence-corrected chi connectivity index (χ4v) is 2.77. The van der Waals surface area contributed by atoms with Gasteiger partial charge in [-0.05, 0) is 18.2 Å². The lowest BCUT2D eigenvalue weighted by molar-refractivity contribution is -0.123. The van der Waals surface area contributed by atoms with Gasteiger partial charge in [-0.3, -0.25) is 4.79 Å². The van der Waals surface area contributed by atoms with E-state index in [1.54, 1.807) is 20.8 Å². The summed E-state index contributed by atoms with van der Waals surface area (Å²) in [5.41, 5.74) is -0.431. The quantitative estimate of drug-likeness (QED) is 0.837. The molecule has 1 aromatic carbocycles. The lowest BCUT2D eigenvalue weighted by Crippen LogP contribution is -2.28. The summed E-state index contributed by atoms with van der Waals surface area (Å²) in [4.78, 5) is 11.8. The van der Waals surface area contributed by atoms with Crippen LogP contribution in [-0.2, 0) is 14.6 Å². The number of rotatable bonds is 3. The van der Waals surface area contributed by atoms with Crippen molar-refractivity contribution in [3.05, 3.63) is 29.8 Å². The number of Topliss-reactive ketones (excluding diaryl/α,β-unsaturated/α-hetero) is 1. The minimum Gasteiger partial charge on any atom is -0.298 e. The molecule has 1 aromatic rings. The van der Waals surface area contributed by atoms with Crippen LogP contribution in [0, 0.1) is 16.7 Å². The standard InChI is InChI=1S/C13H15NO3S/c1-13(2,3)12(15)9-18(16,17)11-6-4-5-10(7-11)8-14/h4-7H,9H2,1-3H3. The van der Waals surface area contributed by atoms with Gasteiger partial charge in [0.1, 0.15) is 5.75 Å². The number of nitriles is 1. The van der Waals surface area contributed by atoms with E-state index in [4.69, 9.17) is 5.26 Å². The van der Waals surface area contributed by atoms with E-state index in [1.165, 1.54) is 24.3 Å². The van der Waals surface area contributed by atoms with Gasteiger partial charge in [-0.1, -0.05) is 26.8 Å². The largest absolute Gasteiger partial charge is 0.298 e. The Bertz CT molecular complexity index is 604. The molecule has 0 saturated carbocycles. The zero-order valence-electron chi connectivity index (χ0n) is 10.6. The fourth-order valence-electron chi connectivity index (χ4n) is 1.23. The van der Waals surface area contributed by atoms with Gasteiger partial charge in [0.25, 0.3) is 0 Å². The summed E-state index contributed by atoms with van der Waals surface area (Å²) < 4.78 is 24.1. The van der Waals surface area contributed by atoms with Crippen molar-refractivity contribution in [3.63, 3.8) is 0 Å². The van der Waals surface area contributed by atoms with Crippen molar-refractivity contribution in [3.8, 4) is 6.07 Å². The zero-order valence-corrected chi connectivity index (χ0v) is 11.4. The van der Waals surface area contributed by atoms with Crippen molar-refractivity contribution >= 4 is 15.6 Å². The Morgan fingerprint density at radius 3 is 2.44 bits per heavy atom. The third kappa shape index (κ3) is 3.41. The van der Waals surface area contributed by atoms with E-state index in [9.17, 15) is 13.2 Å². The van der Waals surface area contributed by atoms with Crippen LogP contribution in [0.5, 0.6) is 0 Å². The molecule has 0 N–H and O–H groups in total. The summed E-state index contributed by atoms with van der Waals surface area (Å²) in [6.45, 7) is 5.03. The number of carbonyl (C=O) groups is 1. The first-order valence-corrected chi connectivity index (χ1v) is 7.08. The molecule has 0 aromatic heterocycles. The molecule has 4 nitrogen and oxygen atoms in total. The SMILES string of the molecule is CC(C)(C)C(=O)CS(=O)(=O)c1cccc(C#N)c1. The summed E-state index contributed by atoms with van der Waals surface area (Å²) in [5, 5.41) is 8.73. The van der Waals surface area contributed by atoms with E-state index >= 15 is 0 Å². The Labute approximate surface area is 107 Å². The maximum absolute atomic E-state index is 12.0. The summed E-state index contributed by atoms with van der Waals surface area (Å²) in [6.07, 6.45) is 0. The molecule has 0 atom stereocenters. The predicted octanol–water partition coefficient (Wildman–Crippen LogP) is 1.95. The molecule has 0 radical (unpaired) electrons. The smallest absolute Gasteiger partial charge is 0.185 e. The normalized spacial score (nSPS) is 11.9. The van der Waals surface area contributed by atoms with Crippen LogP contribution in [0.2, 0.25) is 0 Å². The third-order valence-electron chi connectivity index (χ3n) is 2.48. The molecule has 5 heteroatoms. The highest BCUT2D eigenvalue weighted by Crippen LogP contribution is 2.19. The number of sulfone groups is 1. The van der Waals surface area contributed by atoms with E-state index in [0.29, 0.717) is 0 Å². The van der Waals surface area contributed by atoms with Crippen molar-refractivity contribution in [2.45, 2.75) is 25.7 Å². The fraction of sp³-hybridized carbons (Fsp3) is 0.385. The lowest BCUT2D eigenvalue weighted by atomic mass is 9.92. The van der Waals surface area contributed by atoms with E-state index in [1.807, 2.05) is 6.07 Å². The van der Waals surface area contributed by atoms with Crippen LogP contribution >= 0.6 is 0 Å². The lowest BCUT2D eigenvalue weighted by Gasteiger charge is -2.16. The second-order valence-corrected chi connectivity index (χ2v) is 7.06. The average Bonchev–Trinajstić information content (AvgIpc) is 2.27. The molecule has 18 heavy (non-hydrogen) atoms. The molecule has 0 amide bonds. The molecule has 0 heterocycles. The highest BCUT2D eigenvalue weighted by molar-refractivity contribution is 7.92. The molecule has 0 fully saturated rings. The molecular weight excluding hydrogens is 250 g/mol. The first-order chi connectivity index (χ1) is 8.16. The number of ketones is 1. The summed E-state index contributed by atoms with van der Waals surface area (Å²) >= 11 is 0. The Balaban J connectivity index is 3.08. The molecule has 0 bridgehead atoms. The maximum atomic E-state index is 12.0. The van der Waals surface area contributed by atoms with Crippen molar-refractivity contribution in [1.29, 1.82) is 5.26 Å². The summed E-state index contributed by atoms with van der Waals surface area (Å²) in [5.74, 6) is -0.879. The van der Waals surface area contributed by atoms with Crippen LogP contribution < -0.4 is 0 Å². The highest BCUT2D eigenvalue weighted by atomic mass is 32.2. The van der Waals surface area contributed by atoms with Crippen LogP contribution in [0.15, 0.2) is 29.2 Å². The summed E-state index contributed by atoms with van der Waals surface area (Å²) in [6, 6.07) is 7.56. The molecule has 0 unspecified atom stereocenters. The van der Waals surface area contributed by atoms with Crippen LogP contribution in [-0.4, -0.2) is 20.0 Å². The zero-order chi connectivity index (χ0) is 14.0. The number of hydrogen-bond donors (Lipinski definition) is 0. The minimum absolute atomic E-state index is 0.0131. The number of carbonyl (C=O) groups excluding carboxylic acids is 1.